The Bertz CT molecular complexity index is 763. The molecule has 2 aromatic carbocycles. The maximum absolute atomic E-state index is 13.6. The standard InChI is InChI=1S/C22H27FN2O2/c1-24-13-5-6-17(14-24)15-25(2)22(26)18-9-11-20(12-10-18)27-16-19-7-3-4-8-21(19)23/h3-4,7-12,17H,5-6,13-16H2,1-2H3/t17-/m1/s1. The van der Waals surface area contributed by atoms with Gasteiger partial charge in [0.2, 0.25) is 0 Å². The third kappa shape index (κ3) is 5.30. The second-order valence-electron chi connectivity index (χ2n) is 7.36. The molecule has 0 spiro atoms. The van der Waals surface area contributed by atoms with E-state index in [0.29, 0.717) is 22.8 Å². The molecular weight excluding hydrogens is 343 g/mol. The first kappa shape index (κ1) is 19.4. The Morgan fingerprint density at radius 2 is 1.96 bits per heavy atom. The van der Waals surface area contributed by atoms with Crippen LogP contribution in [0.3, 0.4) is 0 Å². The molecule has 1 fully saturated rings. The minimum atomic E-state index is -0.278. The molecule has 0 aliphatic carbocycles. The summed E-state index contributed by atoms with van der Waals surface area (Å²) in [5.41, 5.74) is 1.15. The van der Waals surface area contributed by atoms with Crippen LogP contribution in [0.1, 0.15) is 28.8 Å². The van der Waals surface area contributed by atoms with Crippen LogP contribution >= 0.6 is 0 Å². The Hall–Kier alpha value is -2.40. The number of piperidine rings is 1. The van der Waals surface area contributed by atoms with E-state index in [2.05, 4.69) is 11.9 Å². The van der Waals surface area contributed by atoms with Gasteiger partial charge in [0.1, 0.15) is 18.2 Å². The van der Waals surface area contributed by atoms with Gasteiger partial charge in [-0.1, -0.05) is 18.2 Å². The molecule has 1 atom stereocenters. The van der Waals surface area contributed by atoms with E-state index in [4.69, 9.17) is 4.74 Å². The van der Waals surface area contributed by atoms with Crippen LogP contribution in [0.2, 0.25) is 0 Å². The second-order valence-corrected chi connectivity index (χ2v) is 7.36. The van der Waals surface area contributed by atoms with Gasteiger partial charge in [0.15, 0.2) is 0 Å². The lowest BCUT2D eigenvalue weighted by Gasteiger charge is -2.32. The number of carbonyl (C=O) groups is 1. The van der Waals surface area contributed by atoms with Gasteiger partial charge in [0, 0.05) is 31.3 Å². The maximum Gasteiger partial charge on any atom is 0.253 e. The molecule has 0 N–H and O–H groups in total. The lowest BCUT2D eigenvalue weighted by atomic mass is 9.98. The number of amides is 1. The highest BCUT2D eigenvalue weighted by Gasteiger charge is 2.21. The molecular formula is C22H27FN2O2. The predicted octanol–water partition coefficient (Wildman–Crippen LogP) is 3.82. The smallest absolute Gasteiger partial charge is 0.253 e. The fourth-order valence-electron chi connectivity index (χ4n) is 3.58. The quantitative estimate of drug-likeness (QED) is 0.775. The Labute approximate surface area is 160 Å². The predicted molar refractivity (Wildman–Crippen MR) is 104 cm³/mol. The monoisotopic (exact) mass is 370 g/mol. The third-order valence-electron chi connectivity index (χ3n) is 5.05. The summed E-state index contributed by atoms with van der Waals surface area (Å²) in [5, 5.41) is 0. The number of rotatable bonds is 6. The summed E-state index contributed by atoms with van der Waals surface area (Å²) in [6.07, 6.45) is 2.36. The van der Waals surface area contributed by atoms with E-state index in [1.165, 1.54) is 18.9 Å². The number of benzene rings is 2. The zero-order valence-corrected chi connectivity index (χ0v) is 16.0. The van der Waals surface area contributed by atoms with Crippen molar-refractivity contribution in [2.75, 3.05) is 33.7 Å². The van der Waals surface area contributed by atoms with Gasteiger partial charge in [-0.3, -0.25) is 4.79 Å². The number of carbonyl (C=O) groups excluding carboxylic acids is 1. The van der Waals surface area contributed by atoms with Gasteiger partial charge in [-0.05, 0) is 62.7 Å². The van der Waals surface area contributed by atoms with Gasteiger partial charge in [0.05, 0.1) is 0 Å². The first-order chi connectivity index (χ1) is 13.0. The highest BCUT2D eigenvalue weighted by Crippen LogP contribution is 2.19. The Balaban J connectivity index is 1.54. The third-order valence-corrected chi connectivity index (χ3v) is 5.05. The van der Waals surface area contributed by atoms with Crippen LogP contribution < -0.4 is 4.74 Å². The van der Waals surface area contributed by atoms with E-state index in [1.54, 1.807) is 47.4 Å². The minimum Gasteiger partial charge on any atom is -0.489 e. The van der Waals surface area contributed by atoms with Crippen LogP contribution in [0, 0.1) is 11.7 Å². The molecule has 1 amide bonds. The lowest BCUT2D eigenvalue weighted by molar-refractivity contribution is 0.0741. The first-order valence-corrected chi connectivity index (χ1v) is 9.43. The summed E-state index contributed by atoms with van der Waals surface area (Å²) in [4.78, 5) is 16.8. The molecule has 0 radical (unpaired) electrons. The van der Waals surface area contributed by atoms with Gasteiger partial charge in [-0.25, -0.2) is 4.39 Å². The molecule has 0 bridgehead atoms. The summed E-state index contributed by atoms with van der Waals surface area (Å²) in [6, 6.07) is 13.6. The van der Waals surface area contributed by atoms with Crippen molar-refractivity contribution in [2.24, 2.45) is 5.92 Å². The van der Waals surface area contributed by atoms with Crippen LogP contribution in [0.4, 0.5) is 4.39 Å². The van der Waals surface area contributed by atoms with Crippen LogP contribution in [0.15, 0.2) is 48.5 Å². The van der Waals surface area contributed by atoms with E-state index in [9.17, 15) is 9.18 Å². The number of halogens is 1. The molecule has 3 rings (SSSR count). The molecule has 1 aliphatic rings. The van der Waals surface area contributed by atoms with Crippen LogP contribution in [-0.2, 0) is 6.61 Å². The second kappa shape index (κ2) is 9.00. The van der Waals surface area contributed by atoms with Crippen molar-refractivity contribution in [3.63, 3.8) is 0 Å². The number of nitrogens with zero attached hydrogens (tertiary/aromatic N) is 2. The summed E-state index contributed by atoms with van der Waals surface area (Å²) in [6.45, 7) is 3.12. The Morgan fingerprint density at radius 3 is 2.67 bits per heavy atom. The molecule has 2 aromatic rings. The van der Waals surface area contributed by atoms with Crippen LogP contribution in [0.25, 0.3) is 0 Å². The van der Waals surface area contributed by atoms with Crippen LogP contribution in [-0.4, -0.2) is 49.4 Å². The van der Waals surface area contributed by atoms with Gasteiger partial charge in [0.25, 0.3) is 5.91 Å². The molecule has 0 unspecified atom stereocenters. The summed E-state index contributed by atoms with van der Waals surface area (Å²) >= 11 is 0. The average Bonchev–Trinajstić information content (AvgIpc) is 2.67. The van der Waals surface area contributed by atoms with E-state index in [1.807, 2.05) is 7.05 Å². The topological polar surface area (TPSA) is 32.8 Å². The lowest BCUT2D eigenvalue weighted by Crippen LogP contribution is -2.40. The average molecular weight is 370 g/mol. The molecule has 27 heavy (non-hydrogen) atoms. The molecule has 1 saturated heterocycles. The van der Waals surface area contributed by atoms with Crippen molar-refractivity contribution in [3.8, 4) is 5.75 Å². The van der Waals surface area contributed by atoms with Gasteiger partial charge in [-0.15, -0.1) is 0 Å². The van der Waals surface area contributed by atoms with Crippen molar-refractivity contribution in [3.05, 3.63) is 65.5 Å². The highest BCUT2D eigenvalue weighted by atomic mass is 19.1. The summed E-state index contributed by atoms with van der Waals surface area (Å²) in [7, 11) is 3.99. The maximum atomic E-state index is 13.6. The van der Waals surface area contributed by atoms with E-state index < -0.39 is 0 Å². The Kier molecular flexibility index (Phi) is 6.45. The van der Waals surface area contributed by atoms with Crippen LogP contribution in [0.5, 0.6) is 5.75 Å². The van der Waals surface area contributed by atoms with Crippen molar-refractivity contribution in [2.45, 2.75) is 19.4 Å². The molecule has 1 heterocycles. The van der Waals surface area contributed by atoms with Gasteiger partial charge in [-0.2, -0.15) is 0 Å². The van der Waals surface area contributed by atoms with Crippen molar-refractivity contribution >= 4 is 5.91 Å². The van der Waals surface area contributed by atoms with Gasteiger partial charge >= 0.3 is 0 Å². The first-order valence-electron chi connectivity index (χ1n) is 9.43. The molecule has 1 aliphatic heterocycles. The zero-order valence-electron chi connectivity index (χ0n) is 16.0. The fourth-order valence-corrected chi connectivity index (χ4v) is 3.58. The van der Waals surface area contributed by atoms with Gasteiger partial charge < -0.3 is 14.5 Å². The molecule has 0 aromatic heterocycles. The molecule has 5 heteroatoms. The number of hydrogen-bond donors (Lipinski definition) is 0. The number of hydrogen-bond acceptors (Lipinski definition) is 3. The normalized spacial score (nSPS) is 17.5. The number of ether oxygens (including phenoxy) is 1. The fraction of sp³-hybridized carbons (Fsp3) is 0.409. The van der Waals surface area contributed by atoms with E-state index in [0.717, 1.165) is 19.6 Å². The molecule has 4 nitrogen and oxygen atoms in total. The SMILES string of the molecule is CN1CCC[C@@H](CN(C)C(=O)c2ccc(OCc3ccccc3F)cc2)C1. The summed E-state index contributed by atoms with van der Waals surface area (Å²) < 4.78 is 19.3. The van der Waals surface area contributed by atoms with Crippen molar-refractivity contribution < 1.29 is 13.9 Å². The highest BCUT2D eigenvalue weighted by molar-refractivity contribution is 5.94. The van der Waals surface area contributed by atoms with E-state index >= 15 is 0 Å². The van der Waals surface area contributed by atoms with E-state index in [-0.39, 0.29) is 18.3 Å². The van der Waals surface area contributed by atoms with Crippen molar-refractivity contribution in [1.29, 1.82) is 0 Å². The zero-order chi connectivity index (χ0) is 19.2. The Morgan fingerprint density at radius 1 is 1.22 bits per heavy atom. The molecule has 144 valence electrons. The molecule has 0 saturated carbocycles. The largest absolute Gasteiger partial charge is 0.489 e. The minimum absolute atomic E-state index is 0.0175. The number of likely N-dealkylation sites (tertiary alicyclic amines) is 1. The van der Waals surface area contributed by atoms with Crippen molar-refractivity contribution in [1.82, 2.24) is 9.80 Å². The summed E-state index contributed by atoms with van der Waals surface area (Å²) in [5.74, 6) is 0.885.